The molecule has 2 aromatic rings. The van der Waals surface area contributed by atoms with Gasteiger partial charge in [0.2, 0.25) is 10.0 Å². The summed E-state index contributed by atoms with van der Waals surface area (Å²) in [5, 5.41) is 0.122. The Labute approximate surface area is 121 Å². The Morgan fingerprint density at radius 3 is 2.75 bits per heavy atom. The topological polar surface area (TPSA) is 110 Å². The van der Waals surface area contributed by atoms with Crippen LogP contribution in [0.15, 0.2) is 41.7 Å². The first-order valence-corrected chi connectivity index (χ1v) is 7.40. The Kier molecular flexibility index (Phi) is 4.50. The highest BCUT2D eigenvalue weighted by Crippen LogP contribution is 2.21. The molecule has 0 aliphatic heterocycles. The van der Waals surface area contributed by atoms with Crippen LogP contribution in [0, 0.1) is 0 Å². The number of aromatic nitrogens is 2. The molecule has 4 N–H and O–H groups in total. The van der Waals surface area contributed by atoms with E-state index in [1.165, 1.54) is 12.3 Å². The van der Waals surface area contributed by atoms with Gasteiger partial charge in [-0.3, -0.25) is 4.98 Å². The second kappa shape index (κ2) is 6.14. The summed E-state index contributed by atoms with van der Waals surface area (Å²) in [4.78, 5) is 7.69. The van der Waals surface area contributed by atoms with Gasteiger partial charge in [-0.2, -0.15) is 0 Å². The Bertz CT molecular complexity index is 693. The minimum Gasteiger partial charge on any atom is -0.307 e. The van der Waals surface area contributed by atoms with Crippen LogP contribution in [0.5, 0.6) is 0 Å². The number of rotatable bonds is 5. The molecule has 0 radical (unpaired) electrons. The fraction of sp³-hybridized carbons (Fsp3) is 0.0909. The molecule has 2 rings (SSSR count). The van der Waals surface area contributed by atoms with Gasteiger partial charge in [-0.25, -0.2) is 24.0 Å². The molecule has 0 saturated carbocycles. The maximum atomic E-state index is 12.1. The zero-order valence-electron chi connectivity index (χ0n) is 10.2. The van der Waals surface area contributed by atoms with Gasteiger partial charge in [-0.1, -0.05) is 17.7 Å². The van der Waals surface area contributed by atoms with E-state index in [-0.39, 0.29) is 22.3 Å². The Balaban J connectivity index is 2.16. The van der Waals surface area contributed by atoms with Crippen molar-refractivity contribution in [2.75, 3.05) is 5.43 Å². The molecule has 7 nitrogen and oxygen atoms in total. The minimum absolute atomic E-state index is 0.0367. The lowest BCUT2D eigenvalue weighted by Gasteiger charge is -2.08. The fourth-order valence-electron chi connectivity index (χ4n) is 1.44. The molecule has 2 heterocycles. The quantitative estimate of drug-likeness (QED) is 0.558. The molecule has 0 aliphatic rings. The van der Waals surface area contributed by atoms with Crippen LogP contribution < -0.4 is 16.0 Å². The number of hydrazine groups is 1. The average molecular weight is 314 g/mol. The van der Waals surface area contributed by atoms with E-state index in [4.69, 9.17) is 17.4 Å². The van der Waals surface area contributed by atoms with Crippen LogP contribution in [0.4, 0.5) is 5.82 Å². The van der Waals surface area contributed by atoms with Gasteiger partial charge >= 0.3 is 0 Å². The summed E-state index contributed by atoms with van der Waals surface area (Å²) in [5.41, 5.74) is 3.01. The first-order chi connectivity index (χ1) is 9.53. The number of nitrogen functional groups attached to an aromatic ring is 1. The molecule has 0 fully saturated rings. The Hall–Kier alpha value is -1.74. The van der Waals surface area contributed by atoms with E-state index >= 15 is 0 Å². The SMILES string of the molecule is NNc1ncc(S(=O)(=O)NCc2cccnc2)cc1Cl. The van der Waals surface area contributed by atoms with Crippen LogP contribution in [-0.4, -0.2) is 18.4 Å². The zero-order valence-corrected chi connectivity index (χ0v) is 11.8. The summed E-state index contributed by atoms with van der Waals surface area (Å²) in [5.74, 6) is 5.38. The van der Waals surface area contributed by atoms with Crippen LogP contribution in [0.3, 0.4) is 0 Å². The third kappa shape index (κ3) is 3.42. The number of nitrogens with zero attached hydrogens (tertiary/aromatic N) is 2. The summed E-state index contributed by atoms with van der Waals surface area (Å²) >= 11 is 5.85. The van der Waals surface area contributed by atoms with Crippen LogP contribution in [0.2, 0.25) is 5.02 Å². The monoisotopic (exact) mass is 313 g/mol. The van der Waals surface area contributed by atoms with Gasteiger partial charge in [0.05, 0.1) is 5.02 Å². The van der Waals surface area contributed by atoms with E-state index in [9.17, 15) is 8.42 Å². The highest BCUT2D eigenvalue weighted by Gasteiger charge is 2.16. The molecule has 0 saturated heterocycles. The predicted molar refractivity (Wildman–Crippen MR) is 75.3 cm³/mol. The number of nitrogens with two attached hydrogens (primary N) is 1. The van der Waals surface area contributed by atoms with Crippen molar-refractivity contribution in [3.05, 3.63) is 47.4 Å². The molecule has 0 atom stereocenters. The third-order valence-electron chi connectivity index (χ3n) is 2.45. The summed E-state index contributed by atoms with van der Waals surface area (Å²) < 4.78 is 26.6. The van der Waals surface area contributed by atoms with Crippen molar-refractivity contribution < 1.29 is 8.42 Å². The van der Waals surface area contributed by atoms with Crippen molar-refractivity contribution in [2.45, 2.75) is 11.4 Å². The number of halogens is 1. The normalized spacial score (nSPS) is 11.3. The van der Waals surface area contributed by atoms with Crippen molar-refractivity contribution in [1.29, 1.82) is 0 Å². The summed E-state index contributed by atoms with van der Waals surface area (Å²) in [6.07, 6.45) is 4.36. The molecule has 0 aliphatic carbocycles. The molecule has 0 aromatic carbocycles. The maximum absolute atomic E-state index is 12.1. The van der Waals surface area contributed by atoms with Crippen molar-refractivity contribution in [2.24, 2.45) is 5.84 Å². The Morgan fingerprint density at radius 1 is 1.35 bits per heavy atom. The van der Waals surface area contributed by atoms with E-state index in [2.05, 4.69) is 20.1 Å². The van der Waals surface area contributed by atoms with Gasteiger partial charge < -0.3 is 5.43 Å². The molecule has 0 spiro atoms. The van der Waals surface area contributed by atoms with Crippen molar-refractivity contribution in [1.82, 2.24) is 14.7 Å². The standard InChI is InChI=1S/C11H12ClN5O2S/c12-10-4-9(7-15-11(10)17-13)20(18,19)16-6-8-2-1-3-14-5-8/h1-5,7,16H,6,13H2,(H,15,17). The van der Waals surface area contributed by atoms with Crippen molar-refractivity contribution in [3.8, 4) is 0 Å². The largest absolute Gasteiger partial charge is 0.307 e. The second-order valence-electron chi connectivity index (χ2n) is 3.83. The van der Waals surface area contributed by atoms with Gasteiger partial charge in [-0.05, 0) is 17.7 Å². The molecule has 106 valence electrons. The minimum atomic E-state index is -3.70. The number of nitrogens with one attached hydrogen (secondary N) is 2. The highest BCUT2D eigenvalue weighted by atomic mass is 35.5. The van der Waals surface area contributed by atoms with Crippen LogP contribution in [-0.2, 0) is 16.6 Å². The molecular weight excluding hydrogens is 302 g/mol. The van der Waals surface area contributed by atoms with Gasteiger partial charge in [0, 0.05) is 25.1 Å². The van der Waals surface area contributed by atoms with Gasteiger partial charge in [-0.15, -0.1) is 0 Å². The second-order valence-corrected chi connectivity index (χ2v) is 6.01. The molecule has 9 heteroatoms. The summed E-state index contributed by atoms with van der Waals surface area (Å²) in [6, 6.07) is 4.77. The van der Waals surface area contributed by atoms with Crippen LogP contribution in [0.25, 0.3) is 0 Å². The third-order valence-corrected chi connectivity index (χ3v) is 4.11. The lowest BCUT2D eigenvalue weighted by atomic mass is 10.3. The van der Waals surface area contributed by atoms with Crippen molar-refractivity contribution >= 4 is 27.4 Å². The first-order valence-electron chi connectivity index (χ1n) is 5.53. The number of hydrogen-bond acceptors (Lipinski definition) is 6. The van der Waals surface area contributed by atoms with E-state index in [1.54, 1.807) is 24.5 Å². The average Bonchev–Trinajstić information content (AvgIpc) is 2.46. The summed E-state index contributed by atoms with van der Waals surface area (Å²) in [6.45, 7) is 0.130. The number of anilines is 1. The smallest absolute Gasteiger partial charge is 0.242 e. The molecule has 0 unspecified atom stereocenters. The molecule has 2 aromatic heterocycles. The Morgan fingerprint density at radius 2 is 2.15 bits per heavy atom. The summed E-state index contributed by atoms with van der Waals surface area (Å²) in [7, 11) is -3.70. The number of sulfonamides is 1. The lowest BCUT2D eigenvalue weighted by Crippen LogP contribution is -2.23. The first kappa shape index (κ1) is 14.7. The zero-order chi connectivity index (χ0) is 14.6. The van der Waals surface area contributed by atoms with Crippen LogP contribution >= 0.6 is 11.6 Å². The van der Waals surface area contributed by atoms with E-state index < -0.39 is 10.0 Å². The number of hydrogen-bond donors (Lipinski definition) is 3. The van der Waals surface area contributed by atoms with Gasteiger partial charge in [0.1, 0.15) is 4.90 Å². The van der Waals surface area contributed by atoms with E-state index in [0.29, 0.717) is 0 Å². The molecular formula is C11H12ClN5O2S. The van der Waals surface area contributed by atoms with Crippen LogP contribution in [0.1, 0.15) is 5.56 Å². The van der Waals surface area contributed by atoms with Gasteiger partial charge in [0.25, 0.3) is 0 Å². The lowest BCUT2D eigenvalue weighted by molar-refractivity contribution is 0.581. The van der Waals surface area contributed by atoms with Crippen molar-refractivity contribution in [3.63, 3.8) is 0 Å². The van der Waals surface area contributed by atoms with Gasteiger partial charge in [0.15, 0.2) is 5.82 Å². The predicted octanol–water partition coefficient (Wildman–Crippen LogP) is 0.894. The molecule has 0 bridgehead atoms. The fourth-order valence-corrected chi connectivity index (χ4v) is 2.71. The number of pyridine rings is 2. The molecule has 0 amide bonds. The molecule has 20 heavy (non-hydrogen) atoms. The van der Waals surface area contributed by atoms with E-state index in [0.717, 1.165) is 5.56 Å². The maximum Gasteiger partial charge on any atom is 0.242 e. The van der Waals surface area contributed by atoms with E-state index in [1.807, 2.05) is 0 Å². The highest BCUT2D eigenvalue weighted by molar-refractivity contribution is 7.89.